The minimum absolute atomic E-state index is 0.344. The number of nitrogens with two attached hydrogens (primary N) is 1. The van der Waals surface area contributed by atoms with Crippen LogP contribution in [0.3, 0.4) is 0 Å². The molecule has 0 saturated heterocycles. The van der Waals surface area contributed by atoms with Crippen molar-refractivity contribution in [3.63, 3.8) is 0 Å². The summed E-state index contributed by atoms with van der Waals surface area (Å²) in [6.45, 7) is 0. The fourth-order valence-corrected chi connectivity index (χ4v) is 1.42. The standard InChI is InChI=1S/C13H12N4O/c14-13(18)11-8-4-5-9-12(11)16-17-15-10-6-2-1-3-7-10/h1-9H,(H2,14,18)(H,15,16). The second kappa shape index (κ2) is 5.58. The highest BCUT2D eigenvalue weighted by Gasteiger charge is 2.05. The summed E-state index contributed by atoms with van der Waals surface area (Å²) in [7, 11) is 0. The minimum atomic E-state index is -0.524. The molecule has 0 heterocycles. The van der Waals surface area contributed by atoms with Gasteiger partial charge in [-0.2, -0.15) is 0 Å². The molecule has 0 aliphatic rings. The van der Waals surface area contributed by atoms with Crippen molar-refractivity contribution in [2.45, 2.75) is 0 Å². The van der Waals surface area contributed by atoms with E-state index < -0.39 is 5.91 Å². The van der Waals surface area contributed by atoms with Crippen LogP contribution in [0.1, 0.15) is 10.4 Å². The molecule has 2 aromatic rings. The Morgan fingerprint density at radius 3 is 2.39 bits per heavy atom. The van der Waals surface area contributed by atoms with Gasteiger partial charge >= 0.3 is 0 Å². The number of primary amides is 1. The van der Waals surface area contributed by atoms with Gasteiger partial charge in [0, 0.05) is 0 Å². The summed E-state index contributed by atoms with van der Waals surface area (Å²) in [5.74, 6) is -0.524. The fraction of sp³-hybridized carbons (Fsp3) is 0. The Hall–Kier alpha value is -2.69. The van der Waals surface area contributed by atoms with Crippen LogP contribution < -0.4 is 11.2 Å². The van der Waals surface area contributed by atoms with Crippen LogP contribution in [0, 0.1) is 0 Å². The highest BCUT2D eigenvalue weighted by atomic mass is 16.1. The molecule has 5 heteroatoms. The molecule has 0 spiro atoms. The predicted molar refractivity (Wildman–Crippen MR) is 69.5 cm³/mol. The Bertz CT molecular complexity index is 566. The van der Waals surface area contributed by atoms with E-state index in [1.165, 1.54) is 0 Å². The molecule has 90 valence electrons. The minimum Gasteiger partial charge on any atom is -0.366 e. The SMILES string of the molecule is NC(=O)c1ccccc1N=NNc1ccccc1. The van der Waals surface area contributed by atoms with Crippen molar-refractivity contribution in [1.82, 2.24) is 0 Å². The number of anilines is 1. The largest absolute Gasteiger partial charge is 0.366 e. The third kappa shape index (κ3) is 2.91. The summed E-state index contributed by atoms with van der Waals surface area (Å²) in [4.78, 5) is 11.2. The summed E-state index contributed by atoms with van der Waals surface area (Å²) in [6.07, 6.45) is 0. The van der Waals surface area contributed by atoms with E-state index >= 15 is 0 Å². The van der Waals surface area contributed by atoms with E-state index in [1.807, 2.05) is 30.3 Å². The Kier molecular flexibility index (Phi) is 3.66. The molecule has 0 atom stereocenters. The first-order valence-electron chi connectivity index (χ1n) is 5.38. The highest BCUT2D eigenvalue weighted by Crippen LogP contribution is 2.18. The van der Waals surface area contributed by atoms with Gasteiger partial charge in [-0.1, -0.05) is 35.6 Å². The second-order valence-corrected chi connectivity index (χ2v) is 3.56. The quantitative estimate of drug-likeness (QED) is 0.636. The third-order valence-corrected chi connectivity index (χ3v) is 2.28. The van der Waals surface area contributed by atoms with Crippen molar-refractivity contribution in [2.24, 2.45) is 16.1 Å². The van der Waals surface area contributed by atoms with Crippen molar-refractivity contribution in [3.8, 4) is 0 Å². The van der Waals surface area contributed by atoms with Crippen molar-refractivity contribution >= 4 is 17.3 Å². The molecule has 2 rings (SSSR count). The molecule has 0 aliphatic heterocycles. The van der Waals surface area contributed by atoms with E-state index in [0.29, 0.717) is 11.3 Å². The Balaban J connectivity index is 2.12. The maximum Gasteiger partial charge on any atom is 0.250 e. The number of amides is 1. The van der Waals surface area contributed by atoms with Crippen LogP contribution in [-0.4, -0.2) is 5.91 Å². The molecule has 0 bridgehead atoms. The van der Waals surface area contributed by atoms with E-state index in [1.54, 1.807) is 24.3 Å². The average Bonchev–Trinajstić information content (AvgIpc) is 2.40. The Labute approximate surface area is 104 Å². The number of hydrogen-bond donors (Lipinski definition) is 2. The van der Waals surface area contributed by atoms with Gasteiger partial charge in [-0.15, -0.1) is 5.11 Å². The normalized spacial score (nSPS) is 10.4. The van der Waals surface area contributed by atoms with Crippen molar-refractivity contribution in [2.75, 3.05) is 5.43 Å². The number of nitrogens with one attached hydrogen (secondary N) is 1. The first kappa shape index (κ1) is 11.8. The van der Waals surface area contributed by atoms with E-state index in [2.05, 4.69) is 15.8 Å². The Morgan fingerprint density at radius 2 is 1.67 bits per heavy atom. The zero-order valence-electron chi connectivity index (χ0n) is 9.58. The van der Waals surface area contributed by atoms with Crippen LogP contribution in [0.4, 0.5) is 11.4 Å². The summed E-state index contributed by atoms with van der Waals surface area (Å²) >= 11 is 0. The molecule has 0 radical (unpaired) electrons. The van der Waals surface area contributed by atoms with Crippen LogP contribution in [0.2, 0.25) is 0 Å². The number of nitrogens with zero attached hydrogens (tertiary/aromatic N) is 2. The molecular weight excluding hydrogens is 228 g/mol. The maximum atomic E-state index is 11.2. The molecular formula is C13H12N4O. The smallest absolute Gasteiger partial charge is 0.250 e. The van der Waals surface area contributed by atoms with Gasteiger partial charge in [0.25, 0.3) is 5.91 Å². The number of benzene rings is 2. The lowest BCUT2D eigenvalue weighted by atomic mass is 10.2. The van der Waals surface area contributed by atoms with Crippen LogP contribution in [0.15, 0.2) is 64.9 Å². The zero-order chi connectivity index (χ0) is 12.8. The van der Waals surface area contributed by atoms with Gasteiger partial charge in [0.15, 0.2) is 0 Å². The lowest BCUT2D eigenvalue weighted by molar-refractivity contribution is 0.100. The molecule has 5 nitrogen and oxygen atoms in total. The molecule has 0 aliphatic carbocycles. The summed E-state index contributed by atoms with van der Waals surface area (Å²) in [5.41, 5.74) is 9.60. The van der Waals surface area contributed by atoms with Crippen LogP contribution >= 0.6 is 0 Å². The molecule has 0 unspecified atom stereocenters. The molecule has 18 heavy (non-hydrogen) atoms. The van der Waals surface area contributed by atoms with Gasteiger partial charge in [-0.25, -0.2) is 0 Å². The lowest BCUT2D eigenvalue weighted by Crippen LogP contribution is -2.10. The van der Waals surface area contributed by atoms with Crippen molar-refractivity contribution in [3.05, 3.63) is 60.2 Å². The highest BCUT2D eigenvalue weighted by molar-refractivity contribution is 5.97. The molecule has 0 aromatic heterocycles. The van der Waals surface area contributed by atoms with Gasteiger partial charge in [0.05, 0.1) is 11.3 Å². The van der Waals surface area contributed by atoms with E-state index in [-0.39, 0.29) is 0 Å². The number of rotatable bonds is 4. The monoisotopic (exact) mass is 240 g/mol. The number of carbonyl (C=O) groups excluding carboxylic acids is 1. The zero-order valence-corrected chi connectivity index (χ0v) is 9.58. The third-order valence-electron chi connectivity index (χ3n) is 2.28. The van der Waals surface area contributed by atoms with E-state index in [4.69, 9.17) is 5.73 Å². The molecule has 2 aromatic carbocycles. The van der Waals surface area contributed by atoms with Crippen LogP contribution in [-0.2, 0) is 0 Å². The number of hydrogen-bond acceptors (Lipinski definition) is 3. The predicted octanol–water partition coefficient (Wildman–Crippen LogP) is 2.90. The van der Waals surface area contributed by atoms with Crippen molar-refractivity contribution in [1.29, 1.82) is 0 Å². The first-order valence-corrected chi connectivity index (χ1v) is 5.38. The van der Waals surface area contributed by atoms with Gasteiger partial charge in [-0.3, -0.25) is 10.2 Å². The molecule has 3 N–H and O–H groups in total. The first-order chi connectivity index (χ1) is 8.77. The van der Waals surface area contributed by atoms with Gasteiger partial charge in [0.2, 0.25) is 0 Å². The topological polar surface area (TPSA) is 79.8 Å². The Morgan fingerprint density at radius 1 is 1.00 bits per heavy atom. The summed E-state index contributed by atoms with van der Waals surface area (Å²) in [5, 5.41) is 7.76. The van der Waals surface area contributed by atoms with Crippen molar-refractivity contribution < 1.29 is 4.79 Å². The lowest BCUT2D eigenvalue weighted by Gasteiger charge is -2.00. The van der Waals surface area contributed by atoms with Gasteiger partial charge in [0.1, 0.15) is 5.69 Å². The van der Waals surface area contributed by atoms with Gasteiger partial charge in [-0.05, 0) is 24.3 Å². The number of carbonyl (C=O) groups is 1. The van der Waals surface area contributed by atoms with Crippen LogP contribution in [0.25, 0.3) is 0 Å². The maximum absolute atomic E-state index is 11.2. The number of para-hydroxylation sites is 1. The average molecular weight is 240 g/mol. The summed E-state index contributed by atoms with van der Waals surface area (Å²) < 4.78 is 0. The summed E-state index contributed by atoms with van der Waals surface area (Å²) in [6, 6.07) is 16.2. The molecule has 0 fully saturated rings. The second-order valence-electron chi connectivity index (χ2n) is 3.56. The van der Waals surface area contributed by atoms with E-state index in [9.17, 15) is 4.79 Å². The van der Waals surface area contributed by atoms with E-state index in [0.717, 1.165) is 5.69 Å². The van der Waals surface area contributed by atoms with Gasteiger partial charge < -0.3 is 5.73 Å². The van der Waals surface area contributed by atoms with Crippen LogP contribution in [0.5, 0.6) is 0 Å². The molecule has 0 saturated carbocycles. The fourth-order valence-electron chi connectivity index (χ4n) is 1.42. The molecule has 1 amide bonds.